The Morgan fingerprint density at radius 2 is 2.14 bits per heavy atom. The van der Waals surface area contributed by atoms with Crippen molar-refractivity contribution in [3.8, 4) is 0 Å². The Morgan fingerprint density at radius 1 is 1.33 bits per heavy atom. The molecular weight excluding hydrogens is 328 g/mol. The minimum Gasteiger partial charge on any atom is -0.195 e. The molecule has 0 bridgehead atoms. The zero-order valence-corrected chi connectivity index (χ0v) is 14.6. The molecule has 0 saturated carbocycles. The van der Waals surface area contributed by atoms with Gasteiger partial charge in [0.2, 0.25) is 0 Å². The summed E-state index contributed by atoms with van der Waals surface area (Å²) in [6, 6.07) is 1.92. The lowest BCUT2D eigenvalue weighted by Crippen LogP contribution is -2.53. The molecule has 21 heavy (non-hydrogen) atoms. The van der Waals surface area contributed by atoms with Crippen molar-refractivity contribution in [3.05, 3.63) is 21.9 Å². The summed E-state index contributed by atoms with van der Waals surface area (Å²) in [7, 11) is -3.43. The quantitative estimate of drug-likeness (QED) is 0.788. The predicted molar refractivity (Wildman–Crippen MR) is 87.1 cm³/mol. The SMILES string of the molecule is CC1c2ccsc2CCN1S(=O)(=O)N1CCCCC1CCl. The second-order valence-corrected chi connectivity index (χ2v) is 8.90. The highest BCUT2D eigenvalue weighted by Gasteiger charge is 2.40. The number of alkyl halides is 1. The van der Waals surface area contributed by atoms with Gasteiger partial charge in [-0.1, -0.05) is 6.42 Å². The Bertz CT molecular complexity index is 602. The maximum absolute atomic E-state index is 13.0. The van der Waals surface area contributed by atoms with E-state index in [2.05, 4.69) is 11.4 Å². The molecule has 3 rings (SSSR count). The molecule has 0 N–H and O–H groups in total. The second kappa shape index (κ2) is 6.16. The number of nitrogens with zero attached hydrogens (tertiary/aromatic N) is 2. The van der Waals surface area contributed by atoms with Gasteiger partial charge in [-0.3, -0.25) is 0 Å². The molecule has 1 aromatic rings. The van der Waals surface area contributed by atoms with Crippen LogP contribution in [-0.2, 0) is 16.6 Å². The molecule has 2 atom stereocenters. The largest absolute Gasteiger partial charge is 0.282 e. The molecule has 2 aliphatic rings. The van der Waals surface area contributed by atoms with Gasteiger partial charge in [-0.05, 0) is 43.2 Å². The Balaban J connectivity index is 1.88. The van der Waals surface area contributed by atoms with Gasteiger partial charge < -0.3 is 0 Å². The van der Waals surface area contributed by atoms with Crippen LogP contribution >= 0.6 is 22.9 Å². The molecule has 1 fully saturated rings. The van der Waals surface area contributed by atoms with Crippen LogP contribution in [0.15, 0.2) is 11.4 Å². The van der Waals surface area contributed by atoms with Crippen molar-refractivity contribution >= 4 is 33.1 Å². The lowest BCUT2D eigenvalue weighted by molar-refractivity contribution is 0.229. The highest BCUT2D eigenvalue weighted by atomic mass is 35.5. The topological polar surface area (TPSA) is 40.6 Å². The van der Waals surface area contributed by atoms with Gasteiger partial charge >= 0.3 is 0 Å². The summed E-state index contributed by atoms with van der Waals surface area (Å²) in [5, 5.41) is 2.06. The lowest BCUT2D eigenvalue weighted by atomic mass is 10.0. The van der Waals surface area contributed by atoms with Gasteiger partial charge in [-0.25, -0.2) is 0 Å². The van der Waals surface area contributed by atoms with Crippen LogP contribution in [0.2, 0.25) is 0 Å². The fraction of sp³-hybridized carbons (Fsp3) is 0.714. The van der Waals surface area contributed by atoms with Gasteiger partial charge in [0.1, 0.15) is 0 Å². The monoisotopic (exact) mass is 348 g/mol. The highest BCUT2D eigenvalue weighted by Crippen LogP contribution is 2.36. The molecule has 0 spiro atoms. The zero-order chi connectivity index (χ0) is 15.0. The summed E-state index contributed by atoms with van der Waals surface area (Å²) < 4.78 is 29.4. The molecule has 1 aromatic heterocycles. The molecule has 4 nitrogen and oxygen atoms in total. The number of piperidine rings is 1. The van der Waals surface area contributed by atoms with E-state index in [1.165, 1.54) is 4.88 Å². The van der Waals surface area contributed by atoms with E-state index < -0.39 is 10.2 Å². The summed E-state index contributed by atoms with van der Waals surface area (Å²) >= 11 is 7.72. The van der Waals surface area contributed by atoms with Gasteiger partial charge in [0.25, 0.3) is 10.2 Å². The normalized spacial score (nSPS) is 28.5. The van der Waals surface area contributed by atoms with Crippen LogP contribution in [0.5, 0.6) is 0 Å². The summed E-state index contributed by atoms with van der Waals surface area (Å²) in [4.78, 5) is 1.32. The van der Waals surface area contributed by atoms with Crippen LogP contribution in [0.25, 0.3) is 0 Å². The van der Waals surface area contributed by atoms with Crippen LogP contribution in [0, 0.1) is 0 Å². The van der Waals surface area contributed by atoms with Gasteiger partial charge in [-0.15, -0.1) is 22.9 Å². The smallest absolute Gasteiger partial charge is 0.195 e. The highest BCUT2D eigenvalue weighted by molar-refractivity contribution is 7.86. The minimum atomic E-state index is -3.43. The third kappa shape index (κ3) is 2.77. The van der Waals surface area contributed by atoms with E-state index in [0.29, 0.717) is 19.0 Å². The first-order valence-electron chi connectivity index (χ1n) is 7.46. The Kier molecular flexibility index (Phi) is 4.62. The average Bonchev–Trinajstić information content (AvgIpc) is 2.96. The van der Waals surface area contributed by atoms with Crippen molar-refractivity contribution in [1.29, 1.82) is 0 Å². The van der Waals surface area contributed by atoms with Crippen LogP contribution < -0.4 is 0 Å². The van der Waals surface area contributed by atoms with E-state index in [1.54, 1.807) is 19.9 Å². The number of fused-ring (bicyclic) bond motifs is 1. The minimum absolute atomic E-state index is 0.0542. The molecular formula is C14H21ClN2O2S2. The first-order valence-corrected chi connectivity index (χ1v) is 10.3. The number of rotatable bonds is 3. The van der Waals surface area contributed by atoms with Gasteiger partial charge in [-0.2, -0.15) is 17.0 Å². The van der Waals surface area contributed by atoms with E-state index in [1.807, 2.05) is 6.92 Å². The van der Waals surface area contributed by atoms with E-state index in [0.717, 1.165) is 31.2 Å². The molecule has 0 aliphatic carbocycles. The molecule has 2 aliphatic heterocycles. The summed E-state index contributed by atoms with van der Waals surface area (Å²) in [6.07, 6.45) is 3.68. The first kappa shape index (κ1) is 15.7. The third-order valence-corrected chi connectivity index (χ3v) is 8.08. The average molecular weight is 349 g/mol. The van der Waals surface area contributed by atoms with Crippen LogP contribution in [0.1, 0.15) is 42.7 Å². The van der Waals surface area contributed by atoms with Crippen molar-refractivity contribution in [3.63, 3.8) is 0 Å². The van der Waals surface area contributed by atoms with E-state index in [4.69, 9.17) is 11.6 Å². The number of thiophene rings is 1. The van der Waals surface area contributed by atoms with Crippen LogP contribution in [-0.4, -0.2) is 42.0 Å². The maximum atomic E-state index is 13.0. The Hall–Kier alpha value is -0.140. The molecule has 1 saturated heterocycles. The number of halogens is 1. The first-order chi connectivity index (χ1) is 10.1. The fourth-order valence-corrected chi connectivity index (χ4v) is 6.75. The Labute approximate surface area is 135 Å². The second-order valence-electron chi connectivity index (χ2n) is 5.76. The number of hydrogen-bond donors (Lipinski definition) is 0. The van der Waals surface area contributed by atoms with Gasteiger partial charge in [0, 0.05) is 35.9 Å². The van der Waals surface area contributed by atoms with Crippen molar-refractivity contribution in [1.82, 2.24) is 8.61 Å². The standard InChI is InChI=1S/C14H21ClN2O2S2/c1-11-13-6-9-20-14(13)5-8-16(11)21(18,19)17-7-3-2-4-12(17)10-15/h6,9,11-12H,2-5,7-8,10H2,1H3. The van der Waals surface area contributed by atoms with E-state index >= 15 is 0 Å². The molecule has 0 radical (unpaired) electrons. The van der Waals surface area contributed by atoms with Gasteiger partial charge in [0.15, 0.2) is 0 Å². The van der Waals surface area contributed by atoms with E-state index in [9.17, 15) is 8.42 Å². The van der Waals surface area contributed by atoms with Crippen LogP contribution in [0.4, 0.5) is 0 Å². The summed E-state index contributed by atoms with van der Waals surface area (Å²) in [6.45, 7) is 3.16. The summed E-state index contributed by atoms with van der Waals surface area (Å²) in [5.74, 6) is 0.380. The number of hydrogen-bond acceptors (Lipinski definition) is 3. The van der Waals surface area contributed by atoms with Gasteiger partial charge in [0.05, 0.1) is 0 Å². The molecule has 0 amide bonds. The molecule has 118 valence electrons. The van der Waals surface area contributed by atoms with Crippen LogP contribution in [0.3, 0.4) is 0 Å². The summed E-state index contributed by atoms with van der Waals surface area (Å²) in [5.41, 5.74) is 1.16. The zero-order valence-electron chi connectivity index (χ0n) is 12.2. The van der Waals surface area contributed by atoms with Crippen molar-refractivity contribution in [2.24, 2.45) is 0 Å². The van der Waals surface area contributed by atoms with E-state index in [-0.39, 0.29) is 12.1 Å². The molecule has 2 unspecified atom stereocenters. The predicted octanol–water partition coefficient (Wildman–Crippen LogP) is 3.01. The molecule has 7 heteroatoms. The maximum Gasteiger partial charge on any atom is 0.282 e. The van der Waals surface area contributed by atoms with Crippen molar-refractivity contribution in [2.75, 3.05) is 19.0 Å². The molecule has 0 aromatic carbocycles. The molecule has 3 heterocycles. The van der Waals surface area contributed by atoms with Crippen molar-refractivity contribution in [2.45, 2.75) is 44.7 Å². The third-order valence-electron chi connectivity index (χ3n) is 4.57. The fourth-order valence-electron chi connectivity index (χ4n) is 3.37. The van der Waals surface area contributed by atoms with Crippen molar-refractivity contribution < 1.29 is 8.42 Å². The lowest BCUT2D eigenvalue weighted by Gasteiger charge is -2.40. The Morgan fingerprint density at radius 3 is 2.90 bits per heavy atom.